The van der Waals surface area contributed by atoms with Crippen LogP contribution in [0.1, 0.15) is 5.56 Å². The number of carbonyl (C=O) groups is 1. The molecule has 1 fully saturated rings. The molecule has 6 nitrogen and oxygen atoms in total. The number of anilines is 3. The number of nitrogens with zero attached hydrogens (tertiary/aromatic N) is 1. The molecule has 1 amide bonds. The average molecular weight is 281 g/mol. The number of carbonyl (C=O) groups excluding carboxylic acids is 1. The van der Waals surface area contributed by atoms with Gasteiger partial charge in [0.05, 0.1) is 29.3 Å². The monoisotopic (exact) mass is 281 g/mol. The molecule has 2 aliphatic heterocycles. The van der Waals surface area contributed by atoms with E-state index >= 15 is 0 Å². The molecule has 0 aromatic heterocycles. The van der Waals surface area contributed by atoms with Crippen LogP contribution in [-0.4, -0.2) is 38.9 Å². The maximum Gasteiger partial charge on any atom is 0.228 e. The molecule has 2 aliphatic rings. The van der Waals surface area contributed by atoms with Gasteiger partial charge in [0.1, 0.15) is 0 Å². The van der Waals surface area contributed by atoms with Crippen LogP contribution in [0.3, 0.4) is 0 Å². The minimum atomic E-state index is -2.91. The fourth-order valence-corrected chi connectivity index (χ4v) is 3.71. The predicted octanol–water partition coefficient (Wildman–Crippen LogP) is -0.00180. The van der Waals surface area contributed by atoms with E-state index in [4.69, 9.17) is 5.73 Å². The topological polar surface area (TPSA) is 92.5 Å². The fraction of sp³-hybridized carbons (Fsp3) is 0.417. The van der Waals surface area contributed by atoms with Gasteiger partial charge in [0.15, 0.2) is 9.84 Å². The van der Waals surface area contributed by atoms with Crippen LogP contribution in [0, 0.1) is 0 Å². The van der Waals surface area contributed by atoms with E-state index in [1.54, 1.807) is 6.07 Å². The number of benzene rings is 1. The first-order valence-electron chi connectivity index (χ1n) is 6.12. The van der Waals surface area contributed by atoms with Crippen molar-refractivity contribution >= 4 is 32.8 Å². The minimum Gasteiger partial charge on any atom is -0.397 e. The van der Waals surface area contributed by atoms with Crippen molar-refractivity contribution in [1.82, 2.24) is 0 Å². The molecule has 1 aromatic rings. The molecule has 7 heteroatoms. The van der Waals surface area contributed by atoms with Crippen molar-refractivity contribution in [1.29, 1.82) is 0 Å². The van der Waals surface area contributed by atoms with Crippen molar-refractivity contribution in [3.63, 3.8) is 0 Å². The number of rotatable bonds is 1. The molecule has 0 saturated carbocycles. The molecule has 3 N–H and O–H groups in total. The number of nitrogen functional groups attached to an aromatic ring is 1. The molecule has 2 heterocycles. The lowest BCUT2D eigenvalue weighted by Gasteiger charge is -2.30. The van der Waals surface area contributed by atoms with Crippen LogP contribution in [0.25, 0.3) is 0 Å². The number of sulfone groups is 1. The van der Waals surface area contributed by atoms with Gasteiger partial charge in [0, 0.05) is 18.8 Å². The summed E-state index contributed by atoms with van der Waals surface area (Å²) in [4.78, 5) is 13.3. The summed E-state index contributed by atoms with van der Waals surface area (Å²) in [5, 5.41) is 2.78. The highest BCUT2D eigenvalue weighted by Crippen LogP contribution is 2.34. The number of hydrogen-bond acceptors (Lipinski definition) is 5. The van der Waals surface area contributed by atoms with Crippen LogP contribution in [0.4, 0.5) is 17.1 Å². The zero-order chi connectivity index (χ0) is 13.6. The number of fused-ring (bicyclic) bond motifs is 1. The van der Waals surface area contributed by atoms with E-state index in [0.29, 0.717) is 25.2 Å². The molecule has 1 aromatic carbocycles. The van der Waals surface area contributed by atoms with E-state index < -0.39 is 9.84 Å². The summed E-state index contributed by atoms with van der Waals surface area (Å²) in [6.07, 6.45) is 0.355. The van der Waals surface area contributed by atoms with E-state index in [0.717, 1.165) is 16.9 Å². The van der Waals surface area contributed by atoms with E-state index in [1.165, 1.54) is 0 Å². The van der Waals surface area contributed by atoms with Gasteiger partial charge in [0.2, 0.25) is 5.91 Å². The molecule has 0 aliphatic carbocycles. The molecule has 0 radical (unpaired) electrons. The second-order valence-corrected chi connectivity index (χ2v) is 7.24. The summed E-state index contributed by atoms with van der Waals surface area (Å²) in [7, 11) is -2.91. The summed E-state index contributed by atoms with van der Waals surface area (Å²) in [6, 6.07) is 3.64. The molecule has 102 valence electrons. The summed E-state index contributed by atoms with van der Waals surface area (Å²) >= 11 is 0. The molecule has 0 bridgehead atoms. The van der Waals surface area contributed by atoms with E-state index in [9.17, 15) is 13.2 Å². The quantitative estimate of drug-likeness (QED) is 0.707. The van der Waals surface area contributed by atoms with Crippen LogP contribution >= 0.6 is 0 Å². The molecule has 3 rings (SSSR count). The van der Waals surface area contributed by atoms with Gasteiger partial charge in [0.25, 0.3) is 0 Å². The molecular formula is C12H15N3O3S. The Morgan fingerprint density at radius 3 is 2.58 bits per heavy atom. The second kappa shape index (κ2) is 4.12. The fourth-order valence-electron chi connectivity index (χ4n) is 2.51. The standard InChI is InChI=1S/C12H15N3O3S/c13-9-5-8-6-12(16)14-10(8)7-11(9)15-1-3-19(17,18)4-2-15/h5,7H,1-4,6,13H2,(H,14,16). The van der Waals surface area contributed by atoms with Crippen molar-refractivity contribution < 1.29 is 13.2 Å². The number of amides is 1. The summed E-state index contributed by atoms with van der Waals surface area (Å²) < 4.78 is 22.9. The van der Waals surface area contributed by atoms with Crippen molar-refractivity contribution in [2.75, 3.05) is 40.5 Å². The average Bonchev–Trinajstić information content (AvgIpc) is 2.67. The van der Waals surface area contributed by atoms with Gasteiger partial charge in [-0.3, -0.25) is 4.79 Å². The first kappa shape index (κ1) is 12.3. The summed E-state index contributed by atoms with van der Waals surface area (Å²) in [6.45, 7) is 0.887. The van der Waals surface area contributed by atoms with E-state index in [1.807, 2.05) is 11.0 Å². The van der Waals surface area contributed by atoms with Crippen LogP contribution in [-0.2, 0) is 21.1 Å². The van der Waals surface area contributed by atoms with Crippen LogP contribution in [0.15, 0.2) is 12.1 Å². The Morgan fingerprint density at radius 1 is 1.21 bits per heavy atom. The number of hydrogen-bond donors (Lipinski definition) is 2. The van der Waals surface area contributed by atoms with Crippen molar-refractivity contribution in [3.8, 4) is 0 Å². The van der Waals surface area contributed by atoms with Gasteiger partial charge in [-0.25, -0.2) is 8.42 Å². The van der Waals surface area contributed by atoms with Gasteiger partial charge in [-0.15, -0.1) is 0 Å². The predicted molar refractivity (Wildman–Crippen MR) is 74.1 cm³/mol. The van der Waals surface area contributed by atoms with E-state index in [-0.39, 0.29) is 17.4 Å². The first-order chi connectivity index (χ1) is 8.94. The Hall–Kier alpha value is -1.76. The summed E-state index contributed by atoms with van der Waals surface area (Å²) in [5.74, 6) is 0.263. The van der Waals surface area contributed by atoms with Crippen LogP contribution in [0.2, 0.25) is 0 Å². The zero-order valence-corrected chi connectivity index (χ0v) is 11.2. The SMILES string of the molecule is Nc1cc2c(cc1N1CCS(=O)(=O)CC1)NC(=O)C2. The molecule has 0 spiro atoms. The number of nitrogens with one attached hydrogen (secondary N) is 1. The molecule has 19 heavy (non-hydrogen) atoms. The Bertz CT molecular complexity index is 640. The molecule has 1 saturated heterocycles. The third-order valence-electron chi connectivity index (χ3n) is 3.56. The maximum atomic E-state index is 11.4. The smallest absolute Gasteiger partial charge is 0.228 e. The lowest BCUT2D eigenvalue weighted by molar-refractivity contribution is -0.115. The van der Waals surface area contributed by atoms with Crippen LogP contribution in [0.5, 0.6) is 0 Å². The first-order valence-corrected chi connectivity index (χ1v) is 7.94. The van der Waals surface area contributed by atoms with Crippen molar-refractivity contribution in [3.05, 3.63) is 17.7 Å². The Morgan fingerprint density at radius 2 is 1.89 bits per heavy atom. The van der Waals surface area contributed by atoms with Gasteiger partial charge >= 0.3 is 0 Å². The van der Waals surface area contributed by atoms with Gasteiger partial charge in [-0.1, -0.05) is 0 Å². The minimum absolute atomic E-state index is 0.0345. The lowest BCUT2D eigenvalue weighted by Crippen LogP contribution is -2.40. The van der Waals surface area contributed by atoms with Gasteiger partial charge < -0.3 is 16.0 Å². The van der Waals surface area contributed by atoms with Gasteiger partial charge in [-0.05, 0) is 17.7 Å². The van der Waals surface area contributed by atoms with Crippen molar-refractivity contribution in [2.24, 2.45) is 0 Å². The highest BCUT2D eigenvalue weighted by molar-refractivity contribution is 7.91. The maximum absolute atomic E-state index is 11.4. The Kier molecular flexibility index (Phi) is 2.67. The Labute approximate surface area is 111 Å². The zero-order valence-electron chi connectivity index (χ0n) is 10.3. The highest BCUT2D eigenvalue weighted by Gasteiger charge is 2.25. The van der Waals surface area contributed by atoms with E-state index in [2.05, 4.69) is 5.32 Å². The Balaban J connectivity index is 1.90. The normalized spacial score (nSPS) is 21.1. The molecule has 0 atom stereocenters. The largest absolute Gasteiger partial charge is 0.397 e. The molecule has 0 unspecified atom stereocenters. The lowest BCUT2D eigenvalue weighted by atomic mass is 10.1. The third-order valence-corrected chi connectivity index (χ3v) is 5.17. The van der Waals surface area contributed by atoms with Crippen LogP contribution < -0.4 is 16.0 Å². The summed E-state index contributed by atoms with van der Waals surface area (Å²) in [5.41, 5.74) is 9.08. The second-order valence-electron chi connectivity index (χ2n) is 4.93. The van der Waals surface area contributed by atoms with Gasteiger partial charge in [-0.2, -0.15) is 0 Å². The number of nitrogens with two attached hydrogens (primary N) is 1. The van der Waals surface area contributed by atoms with Crippen molar-refractivity contribution in [2.45, 2.75) is 6.42 Å². The molecular weight excluding hydrogens is 266 g/mol. The third kappa shape index (κ3) is 2.25. The highest BCUT2D eigenvalue weighted by atomic mass is 32.2.